The highest BCUT2D eigenvalue weighted by Gasteiger charge is 2.40. The molecular formula is C19H30N4O. The van der Waals surface area contributed by atoms with E-state index in [2.05, 4.69) is 29.8 Å². The highest BCUT2D eigenvalue weighted by molar-refractivity contribution is 5.80. The van der Waals surface area contributed by atoms with Gasteiger partial charge in [0.2, 0.25) is 5.91 Å². The molecule has 1 saturated carbocycles. The second-order valence-electron chi connectivity index (χ2n) is 7.63. The zero-order valence-electron chi connectivity index (χ0n) is 14.9. The summed E-state index contributed by atoms with van der Waals surface area (Å²) in [5, 5.41) is 0. The minimum atomic E-state index is -0.338. The van der Waals surface area contributed by atoms with Crippen molar-refractivity contribution in [2.24, 2.45) is 11.7 Å². The summed E-state index contributed by atoms with van der Waals surface area (Å²) < 4.78 is 0. The number of hydrogen-bond acceptors (Lipinski definition) is 4. The lowest BCUT2D eigenvalue weighted by molar-refractivity contribution is -0.141. The molecule has 3 atom stereocenters. The zero-order valence-corrected chi connectivity index (χ0v) is 14.9. The van der Waals surface area contributed by atoms with Gasteiger partial charge in [0.25, 0.3) is 0 Å². The number of aromatic nitrogens is 1. The third-order valence-corrected chi connectivity index (χ3v) is 5.89. The Morgan fingerprint density at radius 3 is 2.71 bits per heavy atom. The molecule has 132 valence electrons. The van der Waals surface area contributed by atoms with Crippen molar-refractivity contribution in [2.45, 2.75) is 51.1 Å². The number of rotatable bonds is 3. The standard InChI is InChI=1S/C19H30N4O/c1-15(16-6-5-9-21-14-16)22-10-12-23(13-11-22)18(24)17-7-3-4-8-19(17,2)20/h5-6,9,14-15,17H,3-4,7-8,10-13,20H2,1-2H3. The predicted octanol–water partition coefficient (Wildman–Crippen LogP) is 2.19. The van der Waals surface area contributed by atoms with E-state index in [1.165, 1.54) is 5.56 Å². The number of carbonyl (C=O) groups excluding carboxylic acids is 1. The smallest absolute Gasteiger partial charge is 0.227 e. The molecule has 5 nitrogen and oxygen atoms in total. The summed E-state index contributed by atoms with van der Waals surface area (Å²) in [7, 11) is 0. The van der Waals surface area contributed by atoms with E-state index in [4.69, 9.17) is 5.73 Å². The molecule has 3 rings (SSSR count). The fourth-order valence-corrected chi connectivity index (χ4v) is 4.15. The Morgan fingerprint density at radius 2 is 2.08 bits per heavy atom. The summed E-state index contributed by atoms with van der Waals surface area (Å²) in [6.45, 7) is 7.69. The van der Waals surface area contributed by atoms with Gasteiger partial charge in [0.05, 0.1) is 5.92 Å². The number of amides is 1. The van der Waals surface area contributed by atoms with Crippen LogP contribution in [0.2, 0.25) is 0 Å². The van der Waals surface area contributed by atoms with Crippen LogP contribution in [0.4, 0.5) is 0 Å². The Bertz CT molecular complexity index is 552. The molecule has 0 aromatic carbocycles. The first-order valence-electron chi connectivity index (χ1n) is 9.21. The van der Waals surface area contributed by atoms with Gasteiger partial charge in [0.1, 0.15) is 0 Å². The van der Waals surface area contributed by atoms with E-state index in [1.54, 1.807) is 6.20 Å². The van der Waals surface area contributed by atoms with Gasteiger partial charge < -0.3 is 10.6 Å². The predicted molar refractivity (Wildman–Crippen MR) is 95.4 cm³/mol. The molecule has 3 unspecified atom stereocenters. The molecule has 1 saturated heterocycles. The van der Waals surface area contributed by atoms with Gasteiger partial charge >= 0.3 is 0 Å². The van der Waals surface area contributed by atoms with Gasteiger partial charge in [-0.1, -0.05) is 18.9 Å². The minimum absolute atomic E-state index is 0.00598. The summed E-state index contributed by atoms with van der Waals surface area (Å²) in [5.74, 6) is 0.266. The Hall–Kier alpha value is -1.46. The molecule has 0 radical (unpaired) electrons. The number of nitrogens with two attached hydrogens (primary N) is 1. The van der Waals surface area contributed by atoms with E-state index in [9.17, 15) is 4.79 Å². The summed E-state index contributed by atoms with van der Waals surface area (Å²) in [4.78, 5) is 21.6. The highest BCUT2D eigenvalue weighted by atomic mass is 16.2. The average molecular weight is 330 g/mol. The van der Waals surface area contributed by atoms with E-state index in [1.807, 2.05) is 17.2 Å². The van der Waals surface area contributed by atoms with Gasteiger partial charge in [0.15, 0.2) is 0 Å². The Morgan fingerprint density at radius 1 is 1.33 bits per heavy atom. The van der Waals surface area contributed by atoms with Gasteiger partial charge in [0, 0.05) is 50.2 Å². The molecule has 24 heavy (non-hydrogen) atoms. The fraction of sp³-hybridized carbons (Fsp3) is 0.684. The highest BCUT2D eigenvalue weighted by Crippen LogP contribution is 2.33. The molecule has 1 aliphatic heterocycles. The molecular weight excluding hydrogens is 300 g/mol. The van der Waals surface area contributed by atoms with E-state index in [0.29, 0.717) is 6.04 Å². The van der Waals surface area contributed by atoms with Crippen molar-refractivity contribution in [3.05, 3.63) is 30.1 Å². The zero-order chi connectivity index (χ0) is 17.2. The van der Waals surface area contributed by atoms with Crippen LogP contribution in [0.3, 0.4) is 0 Å². The average Bonchev–Trinajstić information content (AvgIpc) is 2.61. The van der Waals surface area contributed by atoms with Crippen molar-refractivity contribution in [1.29, 1.82) is 0 Å². The van der Waals surface area contributed by atoms with Crippen molar-refractivity contribution in [2.75, 3.05) is 26.2 Å². The summed E-state index contributed by atoms with van der Waals surface area (Å²) in [6.07, 6.45) is 7.92. The summed E-state index contributed by atoms with van der Waals surface area (Å²) in [6, 6.07) is 4.44. The molecule has 5 heteroatoms. The van der Waals surface area contributed by atoms with E-state index >= 15 is 0 Å². The van der Waals surface area contributed by atoms with Crippen LogP contribution in [-0.2, 0) is 4.79 Å². The summed E-state index contributed by atoms with van der Waals surface area (Å²) >= 11 is 0. The van der Waals surface area contributed by atoms with Crippen LogP contribution < -0.4 is 5.73 Å². The SMILES string of the molecule is CC(c1cccnc1)N1CCN(C(=O)C2CCCCC2(C)N)CC1. The first-order valence-corrected chi connectivity index (χ1v) is 9.21. The van der Waals surface area contributed by atoms with Crippen LogP contribution in [0, 0.1) is 5.92 Å². The number of pyridine rings is 1. The third kappa shape index (κ3) is 3.62. The van der Waals surface area contributed by atoms with Gasteiger partial charge in [-0.3, -0.25) is 14.7 Å². The number of nitrogens with zero attached hydrogens (tertiary/aromatic N) is 3. The molecule has 1 aromatic rings. The maximum atomic E-state index is 12.9. The van der Waals surface area contributed by atoms with Crippen molar-refractivity contribution < 1.29 is 4.79 Å². The normalized spacial score (nSPS) is 30.1. The molecule has 2 heterocycles. The molecule has 2 aliphatic rings. The quantitative estimate of drug-likeness (QED) is 0.923. The Balaban J connectivity index is 1.58. The first kappa shape index (κ1) is 17.4. The van der Waals surface area contributed by atoms with Crippen molar-refractivity contribution in [3.8, 4) is 0 Å². The molecule has 0 bridgehead atoms. The number of piperazine rings is 1. The molecule has 0 spiro atoms. The van der Waals surface area contributed by atoms with Crippen LogP contribution >= 0.6 is 0 Å². The lowest BCUT2D eigenvalue weighted by Gasteiger charge is -2.43. The second kappa shape index (κ2) is 7.19. The molecule has 1 aromatic heterocycles. The molecule has 2 N–H and O–H groups in total. The topological polar surface area (TPSA) is 62.5 Å². The maximum absolute atomic E-state index is 12.9. The summed E-state index contributed by atoms with van der Waals surface area (Å²) in [5.41, 5.74) is 7.31. The van der Waals surface area contributed by atoms with Crippen LogP contribution in [-0.4, -0.2) is 52.4 Å². The lowest BCUT2D eigenvalue weighted by atomic mass is 9.74. The molecule has 1 aliphatic carbocycles. The Kier molecular flexibility index (Phi) is 5.21. The van der Waals surface area contributed by atoms with Crippen molar-refractivity contribution in [1.82, 2.24) is 14.8 Å². The fourth-order valence-electron chi connectivity index (χ4n) is 4.15. The van der Waals surface area contributed by atoms with Crippen LogP contribution in [0.15, 0.2) is 24.5 Å². The lowest BCUT2D eigenvalue weighted by Crippen LogP contribution is -2.57. The van der Waals surface area contributed by atoms with Gasteiger partial charge in [-0.2, -0.15) is 0 Å². The number of hydrogen-bond donors (Lipinski definition) is 1. The largest absolute Gasteiger partial charge is 0.340 e. The van der Waals surface area contributed by atoms with E-state index in [-0.39, 0.29) is 17.4 Å². The van der Waals surface area contributed by atoms with Gasteiger partial charge in [-0.15, -0.1) is 0 Å². The van der Waals surface area contributed by atoms with Crippen LogP contribution in [0.5, 0.6) is 0 Å². The first-order chi connectivity index (χ1) is 11.5. The maximum Gasteiger partial charge on any atom is 0.227 e. The van der Waals surface area contributed by atoms with Crippen molar-refractivity contribution >= 4 is 5.91 Å². The third-order valence-electron chi connectivity index (χ3n) is 5.89. The van der Waals surface area contributed by atoms with Crippen LogP contribution in [0.25, 0.3) is 0 Å². The molecule has 1 amide bonds. The van der Waals surface area contributed by atoms with E-state index in [0.717, 1.165) is 51.9 Å². The minimum Gasteiger partial charge on any atom is -0.340 e. The molecule has 2 fully saturated rings. The van der Waals surface area contributed by atoms with Gasteiger partial charge in [-0.05, 0) is 38.3 Å². The van der Waals surface area contributed by atoms with Crippen molar-refractivity contribution in [3.63, 3.8) is 0 Å². The Labute approximate surface area is 145 Å². The second-order valence-corrected chi connectivity index (χ2v) is 7.63. The monoisotopic (exact) mass is 330 g/mol. The van der Waals surface area contributed by atoms with E-state index < -0.39 is 0 Å². The number of carbonyl (C=O) groups is 1. The van der Waals surface area contributed by atoms with Gasteiger partial charge in [-0.25, -0.2) is 0 Å². The van der Waals surface area contributed by atoms with Crippen LogP contribution in [0.1, 0.15) is 51.1 Å².